The van der Waals surface area contributed by atoms with Crippen LogP contribution in [0.2, 0.25) is 0 Å². The topological polar surface area (TPSA) is 88.0 Å². The van der Waals surface area contributed by atoms with Gasteiger partial charge < -0.3 is 15.5 Å². The summed E-state index contributed by atoms with van der Waals surface area (Å²) in [4.78, 5) is 22.0. The van der Waals surface area contributed by atoms with Gasteiger partial charge in [-0.15, -0.1) is 0 Å². The number of urea groups is 1. The number of nitrogens with one attached hydrogen (secondary N) is 2. The molecule has 8 nitrogen and oxygen atoms in total. The molecule has 1 aliphatic heterocycles. The number of fused-ring (bicyclic) bond motifs is 1. The highest BCUT2D eigenvalue weighted by Crippen LogP contribution is 2.18. The van der Waals surface area contributed by atoms with Crippen molar-refractivity contribution in [2.24, 2.45) is 7.05 Å². The van der Waals surface area contributed by atoms with E-state index in [1.165, 1.54) is 6.33 Å². The van der Waals surface area contributed by atoms with Gasteiger partial charge in [0.15, 0.2) is 5.65 Å². The van der Waals surface area contributed by atoms with Crippen molar-refractivity contribution >= 4 is 22.9 Å². The zero-order chi connectivity index (χ0) is 17.2. The second-order valence-electron chi connectivity index (χ2n) is 6.05. The fraction of sp³-hybridized carbons (Fsp3) is 0.294. The zero-order valence-electron chi connectivity index (χ0n) is 13.9. The van der Waals surface area contributed by atoms with Gasteiger partial charge in [0.1, 0.15) is 12.1 Å². The highest BCUT2D eigenvalue weighted by Gasteiger charge is 2.19. The minimum Gasteiger partial charge on any atom is -0.365 e. The Balaban J connectivity index is 1.42. The van der Waals surface area contributed by atoms with Crippen LogP contribution in [0.3, 0.4) is 0 Å². The zero-order valence-corrected chi connectivity index (χ0v) is 13.9. The van der Waals surface area contributed by atoms with Crippen molar-refractivity contribution in [1.82, 2.24) is 30.0 Å². The molecule has 0 radical (unpaired) electrons. The lowest BCUT2D eigenvalue weighted by atomic mass is 10.1. The Morgan fingerprint density at radius 2 is 2.00 bits per heavy atom. The van der Waals surface area contributed by atoms with E-state index < -0.39 is 0 Å². The molecule has 0 saturated carbocycles. The number of aromatic nitrogens is 4. The Morgan fingerprint density at radius 3 is 2.76 bits per heavy atom. The van der Waals surface area contributed by atoms with Crippen molar-refractivity contribution in [2.45, 2.75) is 13.1 Å². The van der Waals surface area contributed by atoms with Gasteiger partial charge in [-0.05, 0) is 11.1 Å². The van der Waals surface area contributed by atoms with Gasteiger partial charge in [-0.1, -0.05) is 24.3 Å². The molecule has 128 valence electrons. The van der Waals surface area contributed by atoms with Crippen LogP contribution in [-0.4, -0.2) is 43.8 Å². The predicted octanol–water partition coefficient (Wildman–Crippen LogP) is 1.50. The summed E-state index contributed by atoms with van der Waals surface area (Å²) in [6, 6.07) is 8.26. The van der Waals surface area contributed by atoms with Gasteiger partial charge in [0.05, 0.1) is 11.6 Å². The number of amides is 2. The van der Waals surface area contributed by atoms with Crippen molar-refractivity contribution in [3.63, 3.8) is 0 Å². The van der Waals surface area contributed by atoms with Crippen molar-refractivity contribution in [2.75, 3.05) is 18.4 Å². The fourth-order valence-electron chi connectivity index (χ4n) is 2.93. The Morgan fingerprint density at radius 1 is 1.20 bits per heavy atom. The molecule has 0 spiro atoms. The molecule has 1 aliphatic rings. The van der Waals surface area contributed by atoms with Crippen LogP contribution >= 0.6 is 0 Å². The molecule has 0 unspecified atom stereocenters. The Kier molecular flexibility index (Phi) is 3.93. The second-order valence-corrected chi connectivity index (χ2v) is 6.05. The Bertz CT molecular complexity index is 903. The van der Waals surface area contributed by atoms with Crippen LogP contribution in [0.15, 0.2) is 36.8 Å². The first-order valence-corrected chi connectivity index (χ1v) is 8.18. The monoisotopic (exact) mass is 337 g/mol. The minimum absolute atomic E-state index is 0.00925. The molecule has 0 aliphatic carbocycles. The molecule has 2 amide bonds. The molecule has 0 bridgehead atoms. The molecule has 0 atom stereocenters. The highest BCUT2D eigenvalue weighted by molar-refractivity contribution is 5.85. The first-order chi connectivity index (χ1) is 12.2. The van der Waals surface area contributed by atoms with E-state index in [0.717, 1.165) is 41.1 Å². The van der Waals surface area contributed by atoms with E-state index in [9.17, 15) is 4.79 Å². The number of anilines is 1. The number of rotatable bonds is 5. The average molecular weight is 337 g/mol. The summed E-state index contributed by atoms with van der Waals surface area (Å²) >= 11 is 0. The van der Waals surface area contributed by atoms with Gasteiger partial charge in [0, 0.05) is 33.2 Å². The molecular weight excluding hydrogens is 318 g/mol. The van der Waals surface area contributed by atoms with E-state index in [2.05, 4.69) is 50.0 Å². The van der Waals surface area contributed by atoms with Crippen LogP contribution in [0.5, 0.6) is 0 Å². The highest BCUT2D eigenvalue weighted by atomic mass is 16.2. The maximum Gasteiger partial charge on any atom is 0.317 e. The number of hydrogen-bond acceptors (Lipinski definition) is 5. The first kappa shape index (κ1) is 15.4. The summed E-state index contributed by atoms with van der Waals surface area (Å²) < 4.78 is 1.73. The van der Waals surface area contributed by atoms with Crippen LogP contribution < -0.4 is 10.6 Å². The Labute approximate surface area is 144 Å². The first-order valence-electron chi connectivity index (χ1n) is 8.18. The van der Waals surface area contributed by atoms with Crippen molar-refractivity contribution < 1.29 is 4.79 Å². The normalized spacial score (nSPS) is 14.1. The van der Waals surface area contributed by atoms with Crippen LogP contribution in [0.4, 0.5) is 10.6 Å². The summed E-state index contributed by atoms with van der Waals surface area (Å²) in [5, 5.41) is 11.3. The van der Waals surface area contributed by atoms with E-state index in [4.69, 9.17) is 0 Å². The van der Waals surface area contributed by atoms with Gasteiger partial charge in [-0.25, -0.2) is 14.8 Å². The molecule has 1 aromatic carbocycles. The maximum absolute atomic E-state index is 11.6. The lowest BCUT2D eigenvalue weighted by molar-refractivity contribution is 0.215. The molecule has 3 aromatic rings. The summed E-state index contributed by atoms with van der Waals surface area (Å²) in [5.41, 5.74) is 3.07. The SMILES string of the molecule is Cn1ncc2c(NCc3ccc(CN4CCNC4=O)cc3)ncnc21. The number of carbonyl (C=O) groups is 1. The van der Waals surface area contributed by atoms with E-state index in [-0.39, 0.29) is 6.03 Å². The lowest BCUT2D eigenvalue weighted by Crippen LogP contribution is -2.27. The largest absolute Gasteiger partial charge is 0.365 e. The predicted molar refractivity (Wildman–Crippen MR) is 93.9 cm³/mol. The molecule has 8 heteroatoms. The third kappa shape index (κ3) is 3.10. The standard InChI is InChI=1S/C17H19N7O/c1-23-16-14(9-22-23)15(20-11-21-16)19-8-12-2-4-13(5-3-12)10-24-7-6-18-17(24)25/h2-5,9,11H,6-8,10H2,1H3,(H,18,25)(H,19,20,21). The fourth-order valence-corrected chi connectivity index (χ4v) is 2.93. The van der Waals surface area contributed by atoms with E-state index in [1.807, 2.05) is 11.9 Å². The lowest BCUT2D eigenvalue weighted by Gasteiger charge is -2.14. The van der Waals surface area contributed by atoms with Gasteiger partial charge in [0.2, 0.25) is 0 Å². The number of nitrogens with zero attached hydrogens (tertiary/aromatic N) is 5. The minimum atomic E-state index is 0.00925. The van der Waals surface area contributed by atoms with Crippen LogP contribution in [0.1, 0.15) is 11.1 Å². The number of benzene rings is 1. The van der Waals surface area contributed by atoms with Crippen LogP contribution in [0, 0.1) is 0 Å². The summed E-state index contributed by atoms with van der Waals surface area (Å²) in [6.45, 7) is 2.78. The number of hydrogen-bond donors (Lipinski definition) is 2. The van der Waals surface area contributed by atoms with E-state index >= 15 is 0 Å². The van der Waals surface area contributed by atoms with Gasteiger partial charge in [-0.3, -0.25) is 4.68 Å². The summed E-state index contributed by atoms with van der Waals surface area (Å²) in [6.07, 6.45) is 3.30. The molecular formula is C17H19N7O. The Hall–Kier alpha value is -3.16. The van der Waals surface area contributed by atoms with Crippen LogP contribution in [-0.2, 0) is 20.1 Å². The molecule has 2 N–H and O–H groups in total. The smallest absolute Gasteiger partial charge is 0.317 e. The summed E-state index contributed by atoms with van der Waals surface area (Å²) in [7, 11) is 1.86. The molecule has 1 fully saturated rings. The molecule has 3 heterocycles. The van der Waals surface area contributed by atoms with Gasteiger partial charge in [-0.2, -0.15) is 5.10 Å². The second kappa shape index (κ2) is 6.39. The molecule has 25 heavy (non-hydrogen) atoms. The number of aryl methyl sites for hydroxylation is 1. The number of carbonyl (C=O) groups excluding carboxylic acids is 1. The van der Waals surface area contributed by atoms with Gasteiger partial charge >= 0.3 is 6.03 Å². The van der Waals surface area contributed by atoms with Crippen molar-refractivity contribution in [1.29, 1.82) is 0 Å². The van der Waals surface area contributed by atoms with Crippen molar-refractivity contribution in [3.05, 3.63) is 47.9 Å². The van der Waals surface area contributed by atoms with E-state index in [0.29, 0.717) is 13.1 Å². The van der Waals surface area contributed by atoms with Gasteiger partial charge in [0.25, 0.3) is 0 Å². The molecule has 1 saturated heterocycles. The van der Waals surface area contributed by atoms with Crippen LogP contribution in [0.25, 0.3) is 11.0 Å². The third-order valence-electron chi connectivity index (χ3n) is 4.33. The third-order valence-corrected chi connectivity index (χ3v) is 4.33. The quantitative estimate of drug-likeness (QED) is 0.737. The summed E-state index contributed by atoms with van der Waals surface area (Å²) in [5.74, 6) is 0.774. The maximum atomic E-state index is 11.6. The molecule has 4 rings (SSSR count). The average Bonchev–Trinajstić information content (AvgIpc) is 3.21. The molecule has 2 aromatic heterocycles. The van der Waals surface area contributed by atoms with E-state index in [1.54, 1.807) is 10.9 Å². The van der Waals surface area contributed by atoms with Crippen molar-refractivity contribution in [3.8, 4) is 0 Å².